The van der Waals surface area contributed by atoms with Crippen molar-refractivity contribution in [2.45, 2.75) is 12.6 Å². The van der Waals surface area contributed by atoms with Gasteiger partial charge in [0.25, 0.3) is 0 Å². The Morgan fingerprint density at radius 1 is 0.732 bits per heavy atom. The maximum atomic E-state index is 5.23. The van der Waals surface area contributed by atoms with Gasteiger partial charge in [-0.2, -0.15) is 0 Å². The number of hydrogen-bond donors (Lipinski definition) is 4. The highest BCUT2D eigenvalue weighted by Gasteiger charge is 2.34. The Morgan fingerprint density at radius 3 is 2.39 bits per heavy atom. The van der Waals surface area contributed by atoms with E-state index in [1.165, 1.54) is 10.4 Å². The van der Waals surface area contributed by atoms with Crippen molar-refractivity contribution >= 4 is 46.6 Å². The Bertz CT molecular complexity index is 2850. The molecule has 11 rings (SSSR count). The second kappa shape index (κ2) is 13.2. The Morgan fingerprint density at radius 2 is 1.55 bits per heavy atom. The number of pyridine rings is 1. The number of hydrogen-bond acceptors (Lipinski definition) is 7. The van der Waals surface area contributed by atoms with Gasteiger partial charge in [0.2, 0.25) is 0 Å². The molecule has 5 aliphatic rings. The smallest absolute Gasteiger partial charge is 0.0964 e. The van der Waals surface area contributed by atoms with Gasteiger partial charge in [-0.05, 0) is 65.5 Å². The van der Waals surface area contributed by atoms with Crippen LogP contribution in [0.15, 0.2) is 157 Å². The lowest BCUT2D eigenvalue weighted by Crippen LogP contribution is -2.37. The molecule has 0 fully saturated rings. The van der Waals surface area contributed by atoms with Crippen molar-refractivity contribution in [3.05, 3.63) is 185 Å². The van der Waals surface area contributed by atoms with Gasteiger partial charge in [-0.15, -0.1) is 0 Å². The number of para-hydroxylation sites is 2. The van der Waals surface area contributed by atoms with Crippen LogP contribution < -0.4 is 36.6 Å². The minimum atomic E-state index is -0.0668. The van der Waals surface area contributed by atoms with Crippen LogP contribution in [0.5, 0.6) is 0 Å². The summed E-state index contributed by atoms with van der Waals surface area (Å²) >= 11 is 0. The van der Waals surface area contributed by atoms with Crippen LogP contribution in [0.2, 0.25) is 0 Å². The third kappa shape index (κ3) is 5.21. The van der Waals surface area contributed by atoms with Gasteiger partial charge in [0, 0.05) is 46.4 Å². The molecule has 2 aromatic heterocycles. The third-order valence-corrected chi connectivity index (χ3v) is 11.1. The predicted molar refractivity (Wildman–Crippen MR) is 228 cm³/mol. The van der Waals surface area contributed by atoms with Crippen LogP contribution in [-0.2, 0) is 6.54 Å². The number of rotatable bonds is 5. The van der Waals surface area contributed by atoms with Crippen molar-refractivity contribution in [1.82, 2.24) is 30.8 Å². The first-order chi connectivity index (χ1) is 27.8. The molecule has 1 atom stereocenters. The summed E-state index contributed by atoms with van der Waals surface area (Å²) in [6.45, 7) is 2.22. The highest BCUT2D eigenvalue weighted by Crippen LogP contribution is 2.56. The number of dihydropyridines is 2. The second-order valence-corrected chi connectivity index (χ2v) is 14.4. The lowest BCUT2D eigenvalue weighted by molar-refractivity contribution is 0.719. The van der Waals surface area contributed by atoms with Gasteiger partial charge in [-0.3, -0.25) is 0 Å². The molecule has 5 aliphatic heterocycles. The molecule has 270 valence electrons. The van der Waals surface area contributed by atoms with E-state index in [0.717, 1.165) is 98.0 Å². The van der Waals surface area contributed by atoms with Gasteiger partial charge in [0.05, 0.1) is 70.1 Å². The van der Waals surface area contributed by atoms with Crippen LogP contribution in [0.3, 0.4) is 0 Å². The number of aliphatic imine (C=N–C) groups is 1. The molecule has 0 saturated carbocycles. The molecule has 1 unspecified atom stereocenters. The fraction of sp³-hybridized carbons (Fsp3) is 0.0833. The largest absolute Gasteiger partial charge is 0.381 e. The Hall–Kier alpha value is -7.32. The van der Waals surface area contributed by atoms with Crippen molar-refractivity contribution in [3.63, 3.8) is 0 Å². The molecule has 0 amide bonds. The van der Waals surface area contributed by atoms with E-state index in [-0.39, 0.29) is 6.04 Å². The fourth-order valence-corrected chi connectivity index (χ4v) is 8.64. The molecule has 0 radical (unpaired) electrons. The number of anilines is 3. The van der Waals surface area contributed by atoms with E-state index in [4.69, 9.17) is 9.98 Å². The molecule has 6 aromatic rings. The van der Waals surface area contributed by atoms with Crippen LogP contribution >= 0.6 is 0 Å². The first kappa shape index (κ1) is 32.1. The number of benzene rings is 4. The topological polar surface area (TPSA) is 81.5 Å². The standard InChI is InChI=1S/C48H38N8/c1-2-12-35-31(11-1)23-26-52-46(35)32-19-21-33(22-20-32)56-44-29-49-30-53-47(44)45-36-13-3-5-17-42(36)55(43-18-6-4-14-37(43)48(45)56)34-27-40(38-15-7-9-24-50-38)54-41(28-34)39-16-8-10-25-51-39/h1-24,27-28,30,38,50-52H,25-26,29H2,(H,49,53). The molecule has 0 aliphatic carbocycles. The van der Waals surface area contributed by atoms with E-state index in [2.05, 4.69) is 176 Å². The van der Waals surface area contributed by atoms with Crippen molar-refractivity contribution in [3.8, 4) is 28.1 Å². The summed E-state index contributed by atoms with van der Waals surface area (Å²) in [5, 5.41) is 16.6. The summed E-state index contributed by atoms with van der Waals surface area (Å²) in [4.78, 5) is 12.7. The minimum absolute atomic E-state index is 0.0668. The summed E-state index contributed by atoms with van der Waals surface area (Å²) < 4.78 is 2.42. The van der Waals surface area contributed by atoms with Gasteiger partial charge in [-0.25, -0.2) is 9.98 Å². The summed E-state index contributed by atoms with van der Waals surface area (Å²) in [6, 6.07) is 39.5. The van der Waals surface area contributed by atoms with Crippen molar-refractivity contribution in [2.75, 3.05) is 18.0 Å². The number of nitrogens with one attached hydrogen (secondary N) is 4. The van der Waals surface area contributed by atoms with E-state index >= 15 is 0 Å². The van der Waals surface area contributed by atoms with Gasteiger partial charge in [0.1, 0.15) is 0 Å². The Labute approximate surface area is 325 Å². The maximum Gasteiger partial charge on any atom is 0.0964 e. The molecule has 7 heterocycles. The number of aromatic nitrogens is 2. The predicted octanol–water partition coefficient (Wildman–Crippen LogP) is 7.51. The quantitative estimate of drug-likeness (QED) is 0.147. The number of nitrogens with zero attached hydrogens (tertiary/aromatic N) is 4. The first-order valence-corrected chi connectivity index (χ1v) is 19.2. The zero-order valence-electron chi connectivity index (χ0n) is 30.6. The molecule has 8 heteroatoms. The number of allylic oxidation sites excluding steroid dienone is 4. The van der Waals surface area contributed by atoms with Crippen molar-refractivity contribution in [2.24, 2.45) is 4.99 Å². The van der Waals surface area contributed by atoms with Gasteiger partial charge in [0.15, 0.2) is 0 Å². The zero-order chi connectivity index (χ0) is 37.0. The fourth-order valence-electron chi connectivity index (χ4n) is 8.64. The second-order valence-electron chi connectivity index (χ2n) is 14.4. The van der Waals surface area contributed by atoms with Crippen LogP contribution in [-0.4, -0.2) is 29.0 Å². The third-order valence-electron chi connectivity index (χ3n) is 11.1. The lowest BCUT2D eigenvalue weighted by atomic mass is 9.99. The molecular weight excluding hydrogens is 689 g/mol. The maximum absolute atomic E-state index is 5.23. The molecule has 8 nitrogen and oxygen atoms in total. The highest BCUT2D eigenvalue weighted by molar-refractivity contribution is 6.07. The average molecular weight is 727 g/mol. The molecule has 56 heavy (non-hydrogen) atoms. The van der Waals surface area contributed by atoms with Gasteiger partial charge < -0.3 is 30.7 Å². The van der Waals surface area contributed by atoms with Gasteiger partial charge >= 0.3 is 0 Å². The highest BCUT2D eigenvalue weighted by atomic mass is 15.2. The number of fused-ring (bicyclic) bond motifs is 8. The lowest BCUT2D eigenvalue weighted by Gasteiger charge is -2.29. The molecule has 4 aromatic carbocycles. The Kier molecular flexibility index (Phi) is 7.58. The summed E-state index contributed by atoms with van der Waals surface area (Å²) in [6.07, 6.45) is 18.6. The van der Waals surface area contributed by atoms with Crippen LogP contribution in [0.4, 0.5) is 22.7 Å². The normalized spacial score (nSPS) is 17.0. The van der Waals surface area contributed by atoms with E-state index in [1.54, 1.807) is 0 Å². The monoisotopic (exact) mass is 726 g/mol. The summed E-state index contributed by atoms with van der Waals surface area (Å²) in [5.74, 6) is 0. The van der Waals surface area contributed by atoms with E-state index in [0.29, 0.717) is 6.54 Å². The van der Waals surface area contributed by atoms with E-state index in [9.17, 15) is 0 Å². The minimum Gasteiger partial charge on any atom is -0.381 e. The molecule has 0 saturated heterocycles. The molecule has 0 spiro atoms. The van der Waals surface area contributed by atoms with Crippen molar-refractivity contribution < 1.29 is 0 Å². The average Bonchev–Trinajstić information content (AvgIpc) is 3.56. The summed E-state index contributed by atoms with van der Waals surface area (Å²) in [5.41, 5.74) is 16.0. The SMILES string of the molecule is C1=CCNC(c2cc(N3c4ccccc4-c4c5c(n(-c6ccc(C7=c8ccccc8=CCN7)cc6)c4-c4ccccc43)CNC=N5)cc(C3C=CC=CN3)n2)=C1. The van der Waals surface area contributed by atoms with E-state index < -0.39 is 0 Å². The molecular formula is C48H38N8. The van der Waals surface area contributed by atoms with E-state index in [1.807, 2.05) is 18.6 Å². The van der Waals surface area contributed by atoms with Crippen LogP contribution in [0, 0.1) is 0 Å². The van der Waals surface area contributed by atoms with Crippen LogP contribution in [0.25, 0.3) is 45.5 Å². The molecule has 0 bridgehead atoms. The van der Waals surface area contributed by atoms with Gasteiger partial charge in [-0.1, -0.05) is 103 Å². The summed E-state index contributed by atoms with van der Waals surface area (Å²) in [7, 11) is 0. The van der Waals surface area contributed by atoms with Crippen LogP contribution in [0.1, 0.15) is 28.7 Å². The Balaban J connectivity index is 1.14. The first-order valence-electron chi connectivity index (χ1n) is 19.2. The molecule has 4 N–H and O–H groups in total. The van der Waals surface area contributed by atoms with Crippen molar-refractivity contribution in [1.29, 1.82) is 0 Å². The zero-order valence-corrected chi connectivity index (χ0v) is 30.6.